The fourth-order valence-electron chi connectivity index (χ4n) is 1.44. The third-order valence-electron chi connectivity index (χ3n) is 2.34. The van der Waals surface area contributed by atoms with Crippen molar-refractivity contribution in [3.63, 3.8) is 0 Å². The molecule has 2 rings (SSSR count). The molecule has 0 amide bonds. The van der Waals surface area contributed by atoms with Gasteiger partial charge in [-0.25, -0.2) is 9.78 Å². The summed E-state index contributed by atoms with van der Waals surface area (Å²) in [4.78, 5) is 25.0. The smallest absolute Gasteiger partial charge is 0.455 e. The number of hydrogen-bond acceptors (Lipinski definition) is 4. The second kappa shape index (κ2) is 5.04. The van der Waals surface area contributed by atoms with E-state index in [1.165, 1.54) is 24.3 Å². The van der Waals surface area contributed by atoms with Crippen LogP contribution in [0.2, 0.25) is 0 Å². The lowest BCUT2D eigenvalue weighted by molar-refractivity contribution is -0.0882. The van der Waals surface area contributed by atoms with Crippen molar-refractivity contribution in [3.8, 4) is 10.6 Å². The Morgan fingerprint density at radius 1 is 1.25 bits per heavy atom. The number of rotatable bonds is 3. The number of halogens is 3. The first-order chi connectivity index (χ1) is 9.29. The van der Waals surface area contributed by atoms with Gasteiger partial charge in [-0.1, -0.05) is 12.1 Å². The van der Waals surface area contributed by atoms with E-state index in [-0.39, 0.29) is 10.6 Å². The number of benzene rings is 1. The standard InChI is InChI=1S/C12H6F3NO3S/c13-12(14,15)9(17)8-5-16-10(20-8)6-2-1-3-7(4-6)11(18)19/h1-5H,(H,18,19). The number of carbonyl (C=O) groups excluding carboxylic acids is 1. The van der Waals surface area contributed by atoms with E-state index in [0.29, 0.717) is 16.9 Å². The predicted molar refractivity (Wildman–Crippen MR) is 64.9 cm³/mol. The molecule has 0 aliphatic heterocycles. The van der Waals surface area contributed by atoms with Crippen LogP contribution in [-0.4, -0.2) is 28.0 Å². The molecule has 8 heteroatoms. The normalized spacial score (nSPS) is 11.3. The lowest BCUT2D eigenvalue weighted by Gasteiger charge is -2.01. The number of carboxylic acids is 1. The number of alkyl halides is 3. The Bertz CT molecular complexity index is 679. The zero-order valence-electron chi connectivity index (χ0n) is 9.64. The van der Waals surface area contributed by atoms with Gasteiger partial charge in [0.1, 0.15) is 9.88 Å². The summed E-state index contributed by atoms with van der Waals surface area (Å²) in [5, 5.41) is 8.99. The number of carbonyl (C=O) groups is 2. The molecule has 0 radical (unpaired) electrons. The molecule has 0 spiro atoms. The summed E-state index contributed by atoms with van der Waals surface area (Å²) in [6, 6.07) is 5.59. The quantitative estimate of drug-likeness (QED) is 0.884. The summed E-state index contributed by atoms with van der Waals surface area (Å²) in [6.07, 6.45) is -4.12. The molecule has 2 aromatic rings. The van der Waals surface area contributed by atoms with E-state index in [2.05, 4.69) is 4.98 Å². The Labute approximate surface area is 114 Å². The molecule has 0 atom stereocenters. The lowest BCUT2D eigenvalue weighted by Crippen LogP contribution is -2.21. The molecule has 104 valence electrons. The number of aromatic carboxylic acids is 1. The van der Waals surface area contributed by atoms with Gasteiger partial charge in [-0.2, -0.15) is 13.2 Å². The maximum atomic E-state index is 12.3. The molecule has 20 heavy (non-hydrogen) atoms. The number of carboxylic acid groups (broad SMARTS) is 1. The van der Waals surface area contributed by atoms with Gasteiger partial charge in [0.05, 0.1) is 5.56 Å². The molecular formula is C12H6F3NO3S. The molecule has 1 aromatic heterocycles. The van der Waals surface area contributed by atoms with Gasteiger partial charge in [-0.3, -0.25) is 4.79 Å². The van der Waals surface area contributed by atoms with Gasteiger partial charge in [0.2, 0.25) is 0 Å². The largest absolute Gasteiger partial charge is 0.478 e. The van der Waals surface area contributed by atoms with Gasteiger partial charge in [0, 0.05) is 11.8 Å². The highest BCUT2D eigenvalue weighted by Gasteiger charge is 2.40. The van der Waals surface area contributed by atoms with E-state index >= 15 is 0 Å². The van der Waals surface area contributed by atoms with Gasteiger partial charge in [-0.05, 0) is 12.1 Å². The molecule has 4 nitrogen and oxygen atoms in total. The van der Waals surface area contributed by atoms with Crippen LogP contribution in [0, 0.1) is 0 Å². The summed E-state index contributed by atoms with van der Waals surface area (Å²) >= 11 is 0.568. The number of thiazole rings is 1. The topological polar surface area (TPSA) is 67.3 Å². The van der Waals surface area contributed by atoms with Gasteiger partial charge >= 0.3 is 12.1 Å². The molecule has 0 aliphatic rings. The van der Waals surface area contributed by atoms with Crippen LogP contribution < -0.4 is 0 Å². The fraction of sp³-hybridized carbons (Fsp3) is 0.0833. The first-order valence-corrected chi connectivity index (χ1v) is 6.02. The van der Waals surface area contributed by atoms with E-state index in [1.54, 1.807) is 0 Å². The summed E-state index contributed by atoms with van der Waals surface area (Å²) in [5.74, 6) is -3.12. The lowest BCUT2D eigenvalue weighted by atomic mass is 10.1. The van der Waals surface area contributed by atoms with Gasteiger partial charge in [0.15, 0.2) is 0 Å². The molecule has 1 N–H and O–H groups in total. The van der Waals surface area contributed by atoms with Gasteiger partial charge in [0.25, 0.3) is 5.78 Å². The molecule has 1 aromatic carbocycles. The monoisotopic (exact) mass is 301 g/mol. The van der Waals surface area contributed by atoms with Crippen molar-refractivity contribution in [2.75, 3.05) is 0 Å². The minimum Gasteiger partial charge on any atom is -0.478 e. The number of aromatic nitrogens is 1. The highest BCUT2D eigenvalue weighted by molar-refractivity contribution is 7.17. The average Bonchev–Trinajstić information content (AvgIpc) is 2.86. The van der Waals surface area contributed by atoms with Crippen LogP contribution in [0.1, 0.15) is 20.0 Å². The van der Waals surface area contributed by atoms with E-state index in [9.17, 15) is 22.8 Å². The molecule has 0 saturated heterocycles. The van der Waals surface area contributed by atoms with Crippen LogP contribution in [0.25, 0.3) is 10.6 Å². The van der Waals surface area contributed by atoms with E-state index < -0.39 is 22.8 Å². The maximum Gasteiger partial charge on any atom is 0.455 e. The highest BCUT2D eigenvalue weighted by atomic mass is 32.1. The minimum absolute atomic E-state index is 0.0126. The predicted octanol–water partition coefficient (Wildman–Crippen LogP) is 3.25. The van der Waals surface area contributed by atoms with Crippen molar-refractivity contribution in [3.05, 3.63) is 40.9 Å². The second-order valence-electron chi connectivity index (χ2n) is 3.74. The molecule has 0 fully saturated rings. The molecule has 0 bridgehead atoms. The Kier molecular flexibility index (Phi) is 3.58. The Morgan fingerprint density at radius 3 is 2.55 bits per heavy atom. The zero-order chi connectivity index (χ0) is 14.9. The van der Waals surface area contributed by atoms with Crippen molar-refractivity contribution < 1.29 is 27.9 Å². The van der Waals surface area contributed by atoms with Gasteiger partial charge < -0.3 is 5.11 Å². The second-order valence-corrected chi connectivity index (χ2v) is 4.77. The maximum absolute atomic E-state index is 12.3. The van der Waals surface area contributed by atoms with E-state index in [1.807, 2.05) is 0 Å². The molecule has 0 saturated carbocycles. The van der Waals surface area contributed by atoms with Crippen molar-refractivity contribution in [2.45, 2.75) is 6.18 Å². The summed E-state index contributed by atoms with van der Waals surface area (Å²) < 4.78 is 36.8. The van der Waals surface area contributed by atoms with Crippen molar-refractivity contribution in [2.24, 2.45) is 0 Å². The van der Waals surface area contributed by atoms with Crippen LogP contribution in [0.5, 0.6) is 0 Å². The summed E-state index contributed by atoms with van der Waals surface area (Å²) in [6.45, 7) is 0. The van der Waals surface area contributed by atoms with E-state index in [0.717, 1.165) is 6.20 Å². The Hall–Kier alpha value is -2.22. The number of hydrogen-bond donors (Lipinski definition) is 1. The van der Waals surface area contributed by atoms with Crippen LogP contribution in [0.15, 0.2) is 30.5 Å². The number of ketones is 1. The molecular weight excluding hydrogens is 295 g/mol. The Morgan fingerprint density at radius 2 is 1.95 bits per heavy atom. The van der Waals surface area contributed by atoms with Crippen molar-refractivity contribution in [1.29, 1.82) is 0 Å². The third-order valence-corrected chi connectivity index (χ3v) is 3.39. The van der Waals surface area contributed by atoms with Crippen molar-refractivity contribution in [1.82, 2.24) is 4.98 Å². The van der Waals surface area contributed by atoms with Crippen LogP contribution in [0.3, 0.4) is 0 Å². The van der Waals surface area contributed by atoms with Crippen LogP contribution in [-0.2, 0) is 0 Å². The molecule has 0 unspecified atom stereocenters. The van der Waals surface area contributed by atoms with E-state index in [4.69, 9.17) is 5.11 Å². The molecule has 1 heterocycles. The van der Waals surface area contributed by atoms with Crippen LogP contribution in [0.4, 0.5) is 13.2 Å². The SMILES string of the molecule is O=C(O)c1cccc(-c2ncc(C(=O)C(F)(F)F)s2)c1. The number of Topliss-reactive ketones (excluding diaryl/α,β-unsaturated/α-hetero) is 1. The van der Waals surface area contributed by atoms with Gasteiger partial charge in [-0.15, -0.1) is 11.3 Å². The first-order valence-electron chi connectivity index (χ1n) is 5.20. The summed E-state index contributed by atoms with van der Waals surface area (Å²) in [5.41, 5.74) is 0.331. The van der Waals surface area contributed by atoms with Crippen LogP contribution >= 0.6 is 11.3 Å². The van der Waals surface area contributed by atoms with Crippen molar-refractivity contribution >= 4 is 23.1 Å². The fourth-order valence-corrected chi connectivity index (χ4v) is 2.31. The summed E-state index contributed by atoms with van der Waals surface area (Å²) in [7, 11) is 0. The first kappa shape index (κ1) is 14.2. The highest BCUT2D eigenvalue weighted by Crippen LogP contribution is 2.30. The number of nitrogens with zero attached hydrogens (tertiary/aromatic N) is 1. The zero-order valence-corrected chi connectivity index (χ0v) is 10.5. The third kappa shape index (κ3) is 2.85. The average molecular weight is 301 g/mol. The minimum atomic E-state index is -4.95. The molecule has 0 aliphatic carbocycles. The Balaban J connectivity index is 2.36.